The first kappa shape index (κ1) is 22.0. The fourth-order valence-electron chi connectivity index (χ4n) is 4.07. The molecule has 2 fully saturated rings. The molecule has 0 aliphatic carbocycles. The zero-order chi connectivity index (χ0) is 22.3. The zero-order valence-corrected chi connectivity index (χ0v) is 17.9. The number of nitrogens with one attached hydrogen (secondary N) is 1. The zero-order valence-electron chi connectivity index (χ0n) is 17.9. The topological polar surface area (TPSA) is 82.1 Å². The molecule has 2 N–H and O–H groups in total. The second-order valence-corrected chi connectivity index (χ2v) is 8.05. The Labute approximate surface area is 187 Å². The number of hydroxylamine groups is 1. The summed E-state index contributed by atoms with van der Waals surface area (Å²) in [6.07, 6.45) is 1.28. The molecule has 2 amide bonds. The van der Waals surface area contributed by atoms with E-state index in [0.29, 0.717) is 18.5 Å². The van der Waals surface area contributed by atoms with Gasteiger partial charge in [-0.2, -0.15) is 0 Å². The molecule has 1 atom stereocenters. The molecule has 166 valence electrons. The first-order valence-electron chi connectivity index (χ1n) is 10.9. The number of carbonyl (C=O) groups is 2. The second kappa shape index (κ2) is 10.4. The van der Waals surface area contributed by atoms with Crippen molar-refractivity contribution >= 4 is 11.8 Å². The molecule has 2 saturated heterocycles. The molecule has 7 nitrogen and oxygen atoms in total. The van der Waals surface area contributed by atoms with Gasteiger partial charge in [-0.1, -0.05) is 24.0 Å². The minimum absolute atomic E-state index is 0.216. The summed E-state index contributed by atoms with van der Waals surface area (Å²) in [5.74, 6) is 5.54. The van der Waals surface area contributed by atoms with Crippen molar-refractivity contribution in [1.29, 1.82) is 0 Å². The highest BCUT2D eigenvalue weighted by molar-refractivity contribution is 5.97. The van der Waals surface area contributed by atoms with Crippen LogP contribution in [0.25, 0.3) is 0 Å². The van der Waals surface area contributed by atoms with E-state index in [2.05, 4.69) is 28.9 Å². The summed E-state index contributed by atoms with van der Waals surface area (Å²) < 4.78 is 5.39. The number of nitrogens with zero attached hydrogens (tertiary/aromatic N) is 2. The van der Waals surface area contributed by atoms with E-state index in [1.807, 2.05) is 24.3 Å². The van der Waals surface area contributed by atoms with Crippen molar-refractivity contribution in [3.8, 4) is 11.8 Å². The summed E-state index contributed by atoms with van der Waals surface area (Å²) in [7, 11) is 0. The van der Waals surface area contributed by atoms with E-state index in [1.54, 1.807) is 17.6 Å². The Morgan fingerprint density at radius 2 is 1.59 bits per heavy atom. The number of carbonyl (C=O) groups excluding carboxylic acids is 2. The van der Waals surface area contributed by atoms with E-state index in [4.69, 9.17) is 9.94 Å². The van der Waals surface area contributed by atoms with Crippen LogP contribution >= 0.6 is 0 Å². The van der Waals surface area contributed by atoms with Crippen molar-refractivity contribution in [3.63, 3.8) is 0 Å². The summed E-state index contributed by atoms with van der Waals surface area (Å²) in [5, 5.41) is 8.88. The molecule has 2 heterocycles. The first-order chi connectivity index (χ1) is 15.6. The van der Waals surface area contributed by atoms with Crippen LogP contribution in [0.5, 0.6) is 0 Å². The van der Waals surface area contributed by atoms with Crippen LogP contribution < -0.4 is 5.48 Å². The predicted molar refractivity (Wildman–Crippen MR) is 119 cm³/mol. The number of likely N-dealkylation sites (tertiary alicyclic amines) is 1. The third-order valence-electron chi connectivity index (χ3n) is 5.87. The van der Waals surface area contributed by atoms with Gasteiger partial charge in [0, 0.05) is 42.9 Å². The number of rotatable bonds is 4. The quantitative estimate of drug-likeness (QED) is 0.438. The molecule has 0 spiro atoms. The van der Waals surface area contributed by atoms with Gasteiger partial charge in [0.1, 0.15) is 6.04 Å². The van der Waals surface area contributed by atoms with E-state index in [0.717, 1.165) is 50.4 Å². The maximum atomic E-state index is 12.8. The fourth-order valence-corrected chi connectivity index (χ4v) is 4.07. The molecule has 0 unspecified atom stereocenters. The van der Waals surface area contributed by atoms with Gasteiger partial charge in [-0.05, 0) is 54.8 Å². The fraction of sp³-hybridized carbons (Fsp3) is 0.360. The normalized spacial score (nSPS) is 18.7. The second-order valence-electron chi connectivity index (χ2n) is 8.05. The molecular formula is C25H27N3O4. The van der Waals surface area contributed by atoms with Crippen LogP contribution in [0.3, 0.4) is 0 Å². The van der Waals surface area contributed by atoms with Gasteiger partial charge in [0.05, 0.1) is 13.2 Å². The molecule has 7 heteroatoms. The predicted octanol–water partition coefficient (Wildman–Crippen LogP) is 2.03. The highest BCUT2D eigenvalue weighted by Gasteiger charge is 2.34. The Morgan fingerprint density at radius 3 is 2.22 bits per heavy atom. The van der Waals surface area contributed by atoms with E-state index >= 15 is 0 Å². The van der Waals surface area contributed by atoms with E-state index in [9.17, 15) is 9.59 Å². The minimum Gasteiger partial charge on any atom is -0.379 e. The lowest BCUT2D eigenvalue weighted by Gasteiger charge is -2.26. The van der Waals surface area contributed by atoms with Gasteiger partial charge in [-0.3, -0.25) is 19.7 Å². The molecule has 2 aromatic carbocycles. The summed E-state index contributed by atoms with van der Waals surface area (Å²) in [6.45, 7) is 4.94. The lowest BCUT2D eigenvalue weighted by atomic mass is 10.1. The van der Waals surface area contributed by atoms with Crippen molar-refractivity contribution in [3.05, 3.63) is 70.8 Å². The molecular weight excluding hydrogens is 406 g/mol. The van der Waals surface area contributed by atoms with Crippen LogP contribution in [0.2, 0.25) is 0 Å². The average Bonchev–Trinajstić information content (AvgIpc) is 3.34. The Bertz CT molecular complexity index is 1000. The molecule has 0 radical (unpaired) electrons. The van der Waals surface area contributed by atoms with Crippen LogP contribution in [0.1, 0.15) is 39.9 Å². The highest BCUT2D eigenvalue weighted by Crippen LogP contribution is 2.20. The van der Waals surface area contributed by atoms with Gasteiger partial charge in [-0.25, -0.2) is 5.48 Å². The van der Waals surface area contributed by atoms with Crippen molar-refractivity contribution in [2.75, 3.05) is 32.8 Å². The van der Waals surface area contributed by atoms with Crippen LogP contribution in [0.15, 0.2) is 48.5 Å². The number of benzene rings is 2. The van der Waals surface area contributed by atoms with Gasteiger partial charge in [0.2, 0.25) is 0 Å². The smallest absolute Gasteiger partial charge is 0.266 e. The van der Waals surface area contributed by atoms with Crippen molar-refractivity contribution in [1.82, 2.24) is 15.3 Å². The molecule has 0 bridgehead atoms. The summed E-state index contributed by atoms with van der Waals surface area (Å²) in [4.78, 5) is 28.4. The average molecular weight is 434 g/mol. The molecule has 0 aromatic heterocycles. The first-order valence-corrected chi connectivity index (χ1v) is 10.9. The lowest BCUT2D eigenvalue weighted by molar-refractivity contribution is -0.133. The number of hydrogen-bond donors (Lipinski definition) is 2. The molecule has 32 heavy (non-hydrogen) atoms. The Balaban J connectivity index is 1.37. The van der Waals surface area contributed by atoms with E-state index < -0.39 is 11.9 Å². The Hall–Kier alpha value is -3.18. The molecule has 4 rings (SSSR count). The van der Waals surface area contributed by atoms with Gasteiger partial charge < -0.3 is 9.64 Å². The third-order valence-corrected chi connectivity index (χ3v) is 5.87. The standard InChI is InChI=1S/C25H27N3O4/c29-24(26-31)23-2-1-13-28(23)25(30)22-11-9-20(10-12-22)4-3-19-5-7-21(8-6-19)18-27-14-16-32-17-15-27/h5-12,23,31H,1-2,13-18H2,(H,26,29)/t23-/m1/s1. The minimum atomic E-state index is -0.627. The molecule has 0 saturated carbocycles. The third kappa shape index (κ3) is 5.35. The van der Waals surface area contributed by atoms with Crippen molar-refractivity contribution in [2.45, 2.75) is 25.4 Å². The monoisotopic (exact) mass is 433 g/mol. The summed E-state index contributed by atoms with van der Waals surface area (Å²) in [5.41, 5.74) is 5.16. The number of ether oxygens (including phenoxy) is 1. The van der Waals surface area contributed by atoms with Gasteiger partial charge in [0.25, 0.3) is 11.8 Å². The number of hydrogen-bond acceptors (Lipinski definition) is 5. The Kier molecular flexibility index (Phi) is 7.17. The largest absolute Gasteiger partial charge is 0.379 e. The molecule has 2 aliphatic heterocycles. The Morgan fingerprint density at radius 1 is 0.969 bits per heavy atom. The number of amides is 2. The van der Waals surface area contributed by atoms with E-state index in [-0.39, 0.29) is 5.91 Å². The van der Waals surface area contributed by atoms with Crippen molar-refractivity contribution in [2.24, 2.45) is 0 Å². The SMILES string of the molecule is O=C(NO)[C@H]1CCCN1C(=O)c1ccc(C#Cc2ccc(CN3CCOCC3)cc2)cc1. The lowest BCUT2D eigenvalue weighted by Crippen LogP contribution is -2.45. The molecule has 2 aromatic rings. The van der Waals surface area contributed by atoms with Gasteiger partial charge >= 0.3 is 0 Å². The van der Waals surface area contributed by atoms with Gasteiger partial charge in [0.15, 0.2) is 0 Å². The van der Waals surface area contributed by atoms with Crippen LogP contribution in [-0.4, -0.2) is 65.7 Å². The summed E-state index contributed by atoms with van der Waals surface area (Å²) in [6, 6.07) is 14.7. The van der Waals surface area contributed by atoms with E-state index in [1.165, 1.54) is 10.5 Å². The van der Waals surface area contributed by atoms with Crippen LogP contribution in [-0.2, 0) is 16.1 Å². The van der Waals surface area contributed by atoms with Gasteiger partial charge in [-0.15, -0.1) is 0 Å². The number of morpholine rings is 1. The summed E-state index contributed by atoms with van der Waals surface area (Å²) >= 11 is 0. The van der Waals surface area contributed by atoms with Crippen LogP contribution in [0.4, 0.5) is 0 Å². The maximum absolute atomic E-state index is 12.8. The van der Waals surface area contributed by atoms with Crippen LogP contribution in [0, 0.1) is 11.8 Å². The highest BCUT2D eigenvalue weighted by atomic mass is 16.5. The maximum Gasteiger partial charge on any atom is 0.266 e. The molecule has 2 aliphatic rings. The van der Waals surface area contributed by atoms with Crippen molar-refractivity contribution < 1.29 is 19.5 Å².